The molecule has 0 unspecified atom stereocenters. The molecule has 0 N–H and O–H groups in total. The summed E-state index contributed by atoms with van der Waals surface area (Å²) in [5.41, 5.74) is 1.32. The first-order chi connectivity index (χ1) is 6.15. The van der Waals surface area contributed by atoms with Crippen LogP contribution in [0.1, 0.15) is 12.5 Å². The van der Waals surface area contributed by atoms with Gasteiger partial charge in [0, 0.05) is 10.6 Å². The predicted molar refractivity (Wildman–Crippen MR) is 56.0 cm³/mol. The Morgan fingerprint density at radius 1 is 1.31 bits per heavy atom. The molecule has 0 bridgehead atoms. The van der Waals surface area contributed by atoms with E-state index in [1.165, 1.54) is 0 Å². The van der Waals surface area contributed by atoms with E-state index in [4.69, 9.17) is 23.2 Å². The monoisotopic (exact) mass is 214 g/mol. The molecule has 0 saturated carbocycles. The van der Waals surface area contributed by atoms with Gasteiger partial charge in [-0.2, -0.15) is 0 Å². The molecule has 0 spiro atoms. The van der Waals surface area contributed by atoms with Gasteiger partial charge in [0.25, 0.3) is 0 Å². The maximum absolute atomic E-state index is 10.4. The van der Waals surface area contributed by atoms with Gasteiger partial charge in [0.05, 0.1) is 5.03 Å². The average molecular weight is 215 g/mol. The van der Waals surface area contributed by atoms with Crippen LogP contribution < -0.4 is 0 Å². The van der Waals surface area contributed by atoms with Crippen molar-refractivity contribution in [1.29, 1.82) is 0 Å². The fourth-order valence-electron chi connectivity index (χ4n) is 0.876. The molecule has 68 valence electrons. The Bertz CT molecular complexity index is 338. The van der Waals surface area contributed by atoms with Gasteiger partial charge in [-0.25, -0.2) is 0 Å². The van der Waals surface area contributed by atoms with Gasteiger partial charge in [0.1, 0.15) is 6.29 Å². The molecular weight excluding hydrogens is 207 g/mol. The Labute approximate surface area is 87.0 Å². The van der Waals surface area contributed by atoms with Gasteiger partial charge in [0.15, 0.2) is 0 Å². The molecule has 0 saturated heterocycles. The third-order valence-electron chi connectivity index (χ3n) is 1.62. The summed E-state index contributed by atoms with van der Waals surface area (Å²) in [5.74, 6) is 0. The van der Waals surface area contributed by atoms with Crippen LogP contribution >= 0.6 is 23.2 Å². The van der Waals surface area contributed by atoms with Crippen LogP contribution in [0.25, 0.3) is 5.03 Å². The number of hydrogen-bond acceptors (Lipinski definition) is 1. The first-order valence-corrected chi connectivity index (χ1v) is 4.48. The number of carbonyl (C=O) groups is 1. The number of aldehydes is 1. The van der Waals surface area contributed by atoms with Crippen molar-refractivity contribution >= 4 is 34.5 Å². The minimum atomic E-state index is 0.465. The van der Waals surface area contributed by atoms with E-state index in [0.717, 1.165) is 11.8 Å². The number of allylic oxidation sites excluding steroid dienone is 1. The summed E-state index contributed by atoms with van der Waals surface area (Å²) in [4.78, 5) is 10.4. The summed E-state index contributed by atoms with van der Waals surface area (Å²) in [6.45, 7) is 1.67. The number of carbonyl (C=O) groups excluding carboxylic acids is 1. The molecule has 0 aliphatic carbocycles. The predicted octanol–water partition coefficient (Wildman–Crippen LogP) is 3.51. The van der Waals surface area contributed by atoms with Gasteiger partial charge >= 0.3 is 0 Å². The first kappa shape index (κ1) is 10.3. The van der Waals surface area contributed by atoms with Crippen LogP contribution in [0.3, 0.4) is 0 Å². The Balaban J connectivity index is 3.09. The van der Waals surface area contributed by atoms with Crippen molar-refractivity contribution in [3.05, 3.63) is 40.4 Å². The van der Waals surface area contributed by atoms with Crippen molar-refractivity contribution in [3.63, 3.8) is 0 Å². The molecule has 0 aromatic heterocycles. The zero-order chi connectivity index (χ0) is 9.84. The van der Waals surface area contributed by atoms with E-state index in [2.05, 4.69) is 0 Å². The molecular formula is C10H8Cl2O. The quantitative estimate of drug-likeness (QED) is 0.545. The van der Waals surface area contributed by atoms with Crippen LogP contribution in [0.4, 0.5) is 0 Å². The van der Waals surface area contributed by atoms with Crippen molar-refractivity contribution in [2.24, 2.45) is 0 Å². The second-order valence-corrected chi connectivity index (χ2v) is 3.44. The Morgan fingerprint density at radius 2 is 1.85 bits per heavy atom. The minimum Gasteiger partial charge on any atom is -0.298 e. The largest absolute Gasteiger partial charge is 0.298 e. The van der Waals surface area contributed by atoms with Gasteiger partial charge < -0.3 is 0 Å². The summed E-state index contributed by atoms with van der Waals surface area (Å²) < 4.78 is 0. The summed E-state index contributed by atoms with van der Waals surface area (Å²) in [6.07, 6.45) is 0.733. The van der Waals surface area contributed by atoms with E-state index in [9.17, 15) is 4.79 Å². The van der Waals surface area contributed by atoms with E-state index >= 15 is 0 Å². The van der Waals surface area contributed by atoms with Crippen molar-refractivity contribution in [2.75, 3.05) is 0 Å². The zero-order valence-electron chi connectivity index (χ0n) is 7.05. The van der Waals surface area contributed by atoms with Crippen molar-refractivity contribution in [3.8, 4) is 0 Å². The minimum absolute atomic E-state index is 0.465. The lowest BCUT2D eigenvalue weighted by Crippen LogP contribution is -1.83. The normalized spacial score (nSPS) is 12.2. The highest BCUT2D eigenvalue weighted by atomic mass is 35.5. The second kappa shape index (κ2) is 4.45. The fourth-order valence-corrected chi connectivity index (χ4v) is 1.17. The molecule has 1 aromatic carbocycles. The summed E-state index contributed by atoms with van der Waals surface area (Å²) in [5, 5.41) is 1.11. The molecule has 0 fully saturated rings. The molecule has 0 heterocycles. The number of hydrogen-bond donors (Lipinski definition) is 0. The molecule has 1 nitrogen and oxygen atoms in total. The van der Waals surface area contributed by atoms with E-state index < -0.39 is 0 Å². The molecule has 0 aliphatic rings. The van der Waals surface area contributed by atoms with E-state index in [1.54, 1.807) is 31.2 Å². The fraction of sp³-hybridized carbons (Fsp3) is 0.100. The third-order valence-corrected chi connectivity index (χ3v) is 2.39. The molecule has 13 heavy (non-hydrogen) atoms. The summed E-state index contributed by atoms with van der Waals surface area (Å²) in [6, 6.07) is 7.02. The molecule has 1 rings (SSSR count). The highest BCUT2D eigenvalue weighted by Gasteiger charge is 2.01. The number of rotatable bonds is 2. The SMILES string of the molecule is CC(C=O)=C(Cl)c1ccc(Cl)cc1. The highest BCUT2D eigenvalue weighted by Crippen LogP contribution is 2.23. The van der Waals surface area contributed by atoms with Gasteiger partial charge in [0.2, 0.25) is 0 Å². The molecule has 0 atom stereocenters. The Morgan fingerprint density at radius 3 is 2.31 bits per heavy atom. The second-order valence-electron chi connectivity index (χ2n) is 2.62. The Hall–Kier alpha value is -0.790. The van der Waals surface area contributed by atoms with E-state index in [1.807, 2.05) is 0 Å². The lowest BCUT2D eigenvalue weighted by Gasteiger charge is -2.00. The summed E-state index contributed by atoms with van der Waals surface area (Å²) >= 11 is 11.6. The highest BCUT2D eigenvalue weighted by molar-refractivity contribution is 6.50. The average Bonchev–Trinajstić information content (AvgIpc) is 2.17. The summed E-state index contributed by atoms with van der Waals surface area (Å²) in [7, 11) is 0. The maximum atomic E-state index is 10.4. The number of benzene rings is 1. The van der Waals surface area contributed by atoms with Crippen molar-refractivity contribution in [1.82, 2.24) is 0 Å². The molecule has 0 aliphatic heterocycles. The molecule has 3 heteroatoms. The lowest BCUT2D eigenvalue weighted by atomic mass is 10.1. The molecule has 0 amide bonds. The van der Waals surface area contributed by atoms with Crippen molar-refractivity contribution in [2.45, 2.75) is 6.92 Å². The van der Waals surface area contributed by atoms with Crippen LogP contribution in [0.15, 0.2) is 29.8 Å². The van der Waals surface area contributed by atoms with E-state index in [0.29, 0.717) is 15.6 Å². The topological polar surface area (TPSA) is 17.1 Å². The van der Waals surface area contributed by atoms with Crippen LogP contribution in [-0.2, 0) is 4.79 Å². The van der Waals surface area contributed by atoms with Gasteiger partial charge in [-0.1, -0.05) is 35.3 Å². The first-order valence-electron chi connectivity index (χ1n) is 3.72. The van der Waals surface area contributed by atoms with Gasteiger partial charge in [-0.15, -0.1) is 0 Å². The van der Waals surface area contributed by atoms with E-state index in [-0.39, 0.29) is 0 Å². The van der Waals surface area contributed by atoms with Gasteiger partial charge in [-0.05, 0) is 24.6 Å². The maximum Gasteiger partial charge on any atom is 0.147 e. The van der Waals surface area contributed by atoms with Crippen LogP contribution in [0.5, 0.6) is 0 Å². The Kier molecular flexibility index (Phi) is 3.52. The third kappa shape index (κ3) is 2.58. The zero-order valence-corrected chi connectivity index (χ0v) is 8.56. The van der Waals surface area contributed by atoms with Crippen LogP contribution in [0.2, 0.25) is 5.02 Å². The number of halogens is 2. The molecule has 0 radical (unpaired) electrons. The molecule has 1 aromatic rings. The van der Waals surface area contributed by atoms with Crippen molar-refractivity contribution < 1.29 is 4.79 Å². The standard InChI is InChI=1S/C10H8Cl2O/c1-7(6-13)10(12)8-2-4-9(11)5-3-8/h2-6H,1H3. The smallest absolute Gasteiger partial charge is 0.147 e. The van der Waals surface area contributed by atoms with Crippen LogP contribution in [-0.4, -0.2) is 6.29 Å². The van der Waals surface area contributed by atoms with Gasteiger partial charge in [-0.3, -0.25) is 4.79 Å². The lowest BCUT2D eigenvalue weighted by molar-refractivity contribution is -0.104. The van der Waals surface area contributed by atoms with Crippen LogP contribution in [0, 0.1) is 0 Å².